The predicted octanol–water partition coefficient (Wildman–Crippen LogP) is 1.87. The van der Waals surface area contributed by atoms with E-state index in [-0.39, 0.29) is 5.54 Å². The molecule has 0 atom stereocenters. The molecule has 66 valence electrons. The van der Waals surface area contributed by atoms with Crippen molar-refractivity contribution in [3.63, 3.8) is 0 Å². The maximum absolute atomic E-state index is 12.3. The Morgan fingerprint density at radius 2 is 2.33 bits per heavy atom. The third-order valence-electron chi connectivity index (χ3n) is 2.23. The summed E-state index contributed by atoms with van der Waals surface area (Å²) in [4.78, 5) is 4.99. The summed E-state index contributed by atoms with van der Waals surface area (Å²) in [6.07, 6.45) is 1.98. The van der Waals surface area contributed by atoms with Gasteiger partial charge in [-0.3, -0.25) is 0 Å². The molecule has 4 heteroatoms. The van der Waals surface area contributed by atoms with Crippen LogP contribution in [0.1, 0.15) is 28.4 Å². The van der Waals surface area contributed by atoms with Crippen LogP contribution in [0.15, 0.2) is 0 Å². The number of aromatic nitrogens is 1. The molecule has 0 bridgehead atoms. The molecule has 1 aliphatic rings. The average molecular weight is 186 g/mol. The number of aryl methyl sites for hydroxylation is 1. The first-order valence-electron chi connectivity index (χ1n) is 3.97. The molecule has 1 aliphatic carbocycles. The molecule has 0 aliphatic heterocycles. The molecule has 2 rings (SSSR count). The number of hydrogen-bond acceptors (Lipinski definition) is 3. The van der Waals surface area contributed by atoms with Crippen molar-refractivity contribution in [3.05, 3.63) is 15.6 Å². The van der Waals surface area contributed by atoms with Crippen molar-refractivity contribution >= 4 is 11.3 Å². The topological polar surface area (TPSA) is 38.9 Å². The lowest BCUT2D eigenvalue weighted by atomic mass is 10.3. The number of hydrogen-bond donors (Lipinski definition) is 1. The van der Waals surface area contributed by atoms with E-state index < -0.39 is 6.67 Å². The molecule has 1 aromatic heterocycles. The van der Waals surface area contributed by atoms with Crippen molar-refractivity contribution in [1.82, 2.24) is 4.98 Å². The minimum absolute atomic E-state index is 0.206. The van der Waals surface area contributed by atoms with Crippen LogP contribution in [0.2, 0.25) is 0 Å². The van der Waals surface area contributed by atoms with Gasteiger partial charge in [0, 0.05) is 0 Å². The molecule has 0 aromatic carbocycles. The first-order chi connectivity index (χ1) is 5.65. The SMILES string of the molecule is Cc1nc(C2(N)CC2)sc1CF. The largest absolute Gasteiger partial charge is 0.319 e. The summed E-state index contributed by atoms with van der Waals surface area (Å²) >= 11 is 1.42. The van der Waals surface area contributed by atoms with Gasteiger partial charge < -0.3 is 5.73 Å². The molecule has 0 radical (unpaired) electrons. The van der Waals surface area contributed by atoms with E-state index in [0.717, 1.165) is 28.4 Å². The Labute approximate surface area is 74.6 Å². The van der Waals surface area contributed by atoms with Gasteiger partial charge in [-0.25, -0.2) is 9.37 Å². The molecule has 0 amide bonds. The highest BCUT2D eigenvalue weighted by Crippen LogP contribution is 2.44. The van der Waals surface area contributed by atoms with E-state index in [4.69, 9.17) is 5.73 Å². The summed E-state index contributed by atoms with van der Waals surface area (Å²) in [7, 11) is 0. The Kier molecular flexibility index (Phi) is 1.70. The monoisotopic (exact) mass is 186 g/mol. The number of rotatable bonds is 2. The van der Waals surface area contributed by atoms with Crippen LogP contribution >= 0.6 is 11.3 Å². The molecule has 0 spiro atoms. The van der Waals surface area contributed by atoms with Crippen molar-refractivity contribution in [1.29, 1.82) is 0 Å². The maximum Gasteiger partial charge on any atom is 0.126 e. The number of nitrogens with zero attached hydrogens (tertiary/aromatic N) is 1. The van der Waals surface area contributed by atoms with Crippen LogP contribution in [0.4, 0.5) is 4.39 Å². The predicted molar refractivity (Wildman–Crippen MR) is 46.8 cm³/mol. The van der Waals surface area contributed by atoms with E-state index in [1.54, 1.807) is 0 Å². The molecule has 12 heavy (non-hydrogen) atoms. The zero-order chi connectivity index (χ0) is 8.77. The lowest BCUT2D eigenvalue weighted by molar-refractivity contribution is 0.489. The van der Waals surface area contributed by atoms with E-state index in [0.29, 0.717) is 0 Å². The quantitative estimate of drug-likeness (QED) is 0.765. The fourth-order valence-corrected chi connectivity index (χ4v) is 2.18. The Bertz CT molecular complexity index is 304. The third kappa shape index (κ3) is 1.15. The van der Waals surface area contributed by atoms with E-state index in [9.17, 15) is 4.39 Å². The van der Waals surface area contributed by atoms with Crippen LogP contribution in [-0.4, -0.2) is 4.98 Å². The number of alkyl halides is 1. The van der Waals surface area contributed by atoms with Crippen molar-refractivity contribution in [3.8, 4) is 0 Å². The molecular weight excluding hydrogens is 175 g/mol. The van der Waals surface area contributed by atoms with Gasteiger partial charge in [0.05, 0.1) is 16.1 Å². The van der Waals surface area contributed by atoms with Crippen molar-refractivity contribution < 1.29 is 4.39 Å². The second kappa shape index (κ2) is 2.50. The molecule has 0 saturated heterocycles. The van der Waals surface area contributed by atoms with Gasteiger partial charge in [0.2, 0.25) is 0 Å². The van der Waals surface area contributed by atoms with E-state index >= 15 is 0 Å². The first kappa shape index (κ1) is 8.13. The lowest BCUT2D eigenvalue weighted by Gasteiger charge is -2.00. The van der Waals surface area contributed by atoms with E-state index in [2.05, 4.69) is 4.98 Å². The molecule has 1 fully saturated rings. The van der Waals surface area contributed by atoms with Crippen molar-refractivity contribution in [2.75, 3.05) is 0 Å². The normalized spacial score (nSPS) is 19.6. The second-order valence-electron chi connectivity index (χ2n) is 3.32. The molecule has 1 saturated carbocycles. The van der Waals surface area contributed by atoms with Gasteiger partial charge in [-0.1, -0.05) is 0 Å². The van der Waals surface area contributed by atoms with Crippen LogP contribution in [0.5, 0.6) is 0 Å². The van der Waals surface area contributed by atoms with Crippen LogP contribution < -0.4 is 5.73 Å². The lowest BCUT2D eigenvalue weighted by Crippen LogP contribution is -2.18. The minimum atomic E-state index is -0.417. The molecule has 2 N–H and O–H groups in total. The summed E-state index contributed by atoms with van der Waals surface area (Å²) in [6, 6.07) is 0. The zero-order valence-corrected chi connectivity index (χ0v) is 7.75. The Hall–Kier alpha value is -0.480. The van der Waals surface area contributed by atoms with E-state index in [1.807, 2.05) is 6.92 Å². The van der Waals surface area contributed by atoms with Crippen molar-refractivity contribution in [2.45, 2.75) is 32.0 Å². The molecule has 0 unspecified atom stereocenters. The number of thiazole rings is 1. The highest BCUT2D eigenvalue weighted by molar-refractivity contribution is 7.11. The highest BCUT2D eigenvalue weighted by Gasteiger charge is 2.43. The standard InChI is InChI=1S/C8H11FN2S/c1-5-6(4-9)12-7(11-5)8(10)2-3-8/h2-4,10H2,1H3. The first-order valence-corrected chi connectivity index (χ1v) is 4.79. The third-order valence-corrected chi connectivity index (χ3v) is 3.57. The van der Waals surface area contributed by atoms with Gasteiger partial charge in [-0.05, 0) is 19.8 Å². The number of halogens is 1. The van der Waals surface area contributed by atoms with Crippen LogP contribution in [-0.2, 0) is 12.2 Å². The number of nitrogens with two attached hydrogens (primary N) is 1. The molecule has 2 nitrogen and oxygen atoms in total. The molecule has 1 heterocycles. The van der Waals surface area contributed by atoms with Crippen LogP contribution in [0, 0.1) is 6.92 Å². The van der Waals surface area contributed by atoms with Gasteiger partial charge in [0.1, 0.15) is 11.7 Å². The summed E-state index contributed by atoms with van der Waals surface area (Å²) in [6.45, 7) is 1.42. The van der Waals surface area contributed by atoms with Gasteiger partial charge in [-0.15, -0.1) is 11.3 Å². The smallest absolute Gasteiger partial charge is 0.126 e. The summed E-state index contributed by atoms with van der Waals surface area (Å²) < 4.78 is 12.3. The van der Waals surface area contributed by atoms with E-state index in [1.165, 1.54) is 11.3 Å². The summed E-state index contributed by atoms with van der Waals surface area (Å²) in [5, 5.41) is 0.910. The second-order valence-corrected chi connectivity index (χ2v) is 4.40. The van der Waals surface area contributed by atoms with Crippen molar-refractivity contribution in [2.24, 2.45) is 5.73 Å². The summed E-state index contributed by atoms with van der Waals surface area (Å²) in [5.41, 5.74) is 6.52. The van der Waals surface area contributed by atoms with Gasteiger partial charge >= 0.3 is 0 Å². The highest BCUT2D eigenvalue weighted by atomic mass is 32.1. The fourth-order valence-electron chi connectivity index (χ4n) is 1.11. The Balaban J connectivity index is 2.34. The van der Waals surface area contributed by atoms with Gasteiger partial charge in [0.25, 0.3) is 0 Å². The molecular formula is C8H11FN2S. The summed E-state index contributed by atoms with van der Waals surface area (Å²) in [5.74, 6) is 0. The van der Waals surface area contributed by atoms with Gasteiger partial charge in [0.15, 0.2) is 0 Å². The zero-order valence-electron chi connectivity index (χ0n) is 6.93. The maximum atomic E-state index is 12.3. The molecule has 1 aromatic rings. The Morgan fingerprint density at radius 3 is 2.75 bits per heavy atom. The van der Waals surface area contributed by atoms with Crippen LogP contribution in [0.3, 0.4) is 0 Å². The van der Waals surface area contributed by atoms with Gasteiger partial charge in [-0.2, -0.15) is 0 Å². The Morgan fingerprint density at radius 1 is 1.67 bits per heavy atom. The fraction of sp³-hybridized carbons (Fsp3) is 0.625. The average Bonchev–Trinajstić information content (AvgIpc) is 2.65. The minimum Gasteiger partial charge on any atom is -0.319 e. The van der Waals surface area contributed by atoms with Crippen LogP contribution in [0.25, 0.3) is 0 Å².